The molecule has 1 heterocycles. The molecule has 1 aliphatic rings. The van der Waals surface area contributed by atoms with E-state index in [1.165, 1.54) is 12.1 Å². The van der Waals surface area contributed by atoms with Crippen molar-refractivity contribution < 1.29 is 23.1 Å². The van der Waals surface area contributed by atoms with Gasteiger partial charge in [-0.3, -0.25) is 4.79 Å². The Morgan fingerprint density at radius 3 is 2.47 bits per heavy atom. The summed E-state index contributed by atoms with van der Waals surface area (Å²) in [4.78, 5) is 12.4. The van der Waals surface area contributed by atoms with Gasteiger partial charge >= 0.3 is 0 Å². The second-order valence-corrected chi connectivity index (χ2v) is 10.00. The standard InChI is InChI=1S/C22H24Cl2N2O5S/c1-14-2-6-17(7-3-14)32(29,30)26-20-9-5-16(31-21(20)13-27)11-22(28)25-12-15-4-8-18(23)19(24)10-15/h2-10,16,20-21,26-27H,11-13H2,1H3,(H,25,28)/t16-,20-,21+/m1/s1. The van der Waals surface area contributed by atoms with Crippen LogP contribution in [0.15, 0.2) is 59.5 Å². The van der Waals surface area contributed by atoms with Crippen molar-refractivity contribution in [1.29, 1.82) is 0 Å². The Morgan fingerprint density at radius 1 is 1.09 bits per heavy atom. The second-order valence-electron chi connectivity index (χ2n) is 7.47. The fourth-order valence-corrected chi connectivity index (χ4v) is 4.72. The van der Waals surface area contributed by atoms with Crippen LogP contribution in [0.2, 0.25) is 10.0 Å². The van der Waals surface area contributed by atoms with Gasteiger partial charge in [0.25, 0.3) is 0 Å². The van der Waals surface area contributed by atoms with Crippen molar-refractivity contribution in [2.45, 2.75) is 43.0 Å². The van der Waals surface area contributed by atoms with Crippen LogP contribution in [0.4, 0.5) is 0 Å². The summed E-state index contributed by atoms with van der Waals surface area (Å²) in [5.41, 5.74) is 1.74. The third-order valence-corrected chi connectivity index (χ3v) is 7.16. The van der Waals surface area contributed by atoms with Gasteiger partial charge in [-0.25, -0.2) is 13.1 Å². The highest BCUT2D eigenvalue weighted by molar-refractivity contribution is 7.89. The number of sulfonamides is 1. The normalized spacial score (nSPS) is 20.8. The fourth-order valence-electron chi connectivity index (χ4n) is 3.18. The maximum Gasteiger partial charge on any atom is 0.241 e. The maximum absolute atomic E-state index is 12.6. The number of benzene rings is 2. The summed E-state index contributed by atoms with van der Waals surface area (Å²) in [5.74, 6) is -0.263. The first-order valence-electron chi connectivity index (χ1n) is 9.92. The lowest BCUT2D eigenvalue weighted by Crippen LogP contribution is -2.49. The lowest BCUT2D eigenvalue weighted by Gasteiger charge is -2.31. The molecule has 3 atom stereocenters. The average Bonchev–Trinajstić information content (AvgIpc) is 2.75. The minimum absolute atomic E-state index is 0.0196. The number of halogens is 2. The van der Waals surface area contributed by atoms with Crippen LogP contribution >= 0.6 is 23.2 Å². The Bertz CT molecular complexity index is 1090. The van der Waals surface area contributed by atoms with E-state index in [1.807, 2.05) is 6.92 Å². The molecule has 0 unspecified atom stereocenters. The number of hydrogen-bond acceptors (Lipinski definition) is 5. The Kier molecular flexibility index (Phi) is 8.32. The molecule has 0 fully saturated rings. The third kappa shape index (κ3) is 6.54. The molecule has 0 spiro atoms. The largest absolute Gasteiger partial charge is 0.394 e. The van der Waals surface area contributed by atoms with Crippen LogP contribution in [0.3, 0.4) is 0 Å². The van der Waals surface area contributed by atoms with Gasteiger partial charge in [-0.05, 0) is 36.8 Å². The van der Waals surface area contributed by atoms with Crippen molar-refractivity contribution in [3.63, 3.8) is 0 Å². The second kappa shape index (κ2) is 10.8. The molecule has 2 aromatic rings. The molecule has 0 saturated heterocycles. The minimum Gasteiger partial charge on any atom is -0.394 e. The van der Waals surface area contributed by atoms with E-state index < -0.39 is 34.9 Å². The van der Waals surface area contributed by atoms with Gasteiger partial charge in [-0.15, -0.1) is 0 Å². The number of hydrogen-bond donors (Lipinski definition) is 3. The van der Waals surface area contributed by atoms with E-state index in [9.17, 15) is 18.3 Å². The van der Waals surface area contributed by atoms with Crippen molar-refractivity contribution in [2.75, 3.05) is 6.61 Å². The summed E-state index contributed by atoms with van der Waals surface area (Å²) in [6.07, 6.45) is 1.82. The molecule has 1 aliphatic heterocycles. The number of carbonyl (C=O) groups is 1. The molecule has 0 saturated carbocycles. The number of rotatable bonds is 8. The third-order valence-electron chi connectivity index (χ3n) is 4.95. The maximum atomic E-state index is 12.6. The topological polar surface area (TPSA) is 105 Å². The number of aryl methyl sites for hydroxylation is 1. The molecule has 0 bridgehead atoms. The smallest absolute Gasteiger partial charge is 0.241 e. The van der Waals surface area contributed by atoms with Crippen LogP contribution in [0, 0.1) is 6.92 Å². The summed E-state index contributed by atoms with van der Waals surface area (Å²) in [6.45, 7) is 1.73. The summed E-state index contributed by atoms with van der Waals surface area (Å²) in [7, 11) is -3.80. The average molecular weight is 499 g/mol. The van der Waals surface area contributed by atoms with Crippen LogP contribution in [0.1, 0.15) is 17.5 Å². The molecule has 172 valence electrons. The van der Waals surface area contributed by atoms with E-state index in [1.54, 1.807) is 42.5 Å². The molecule has 0 radical (unpaired) electrons. The SMILES string of the molecule is Cc1ccc(S(=O)(=O)N[C@@H]2C=C[C@H](CC(=O)NCc3ccc(Cl)c(Cl)c3)O[C@H]2CO)cc1. The molecule has 1 amide bonds. The molecule has 2 aromatic carbocycles. The van der Waals surface area contributed by atoms with Crippen molar-refractivity contribution >= 4 is 39.1 Å². The highest BCUT2D eigenvalue weighted by Crippen LogP contribution is 2.23. The lowest BCUT2D eigenvalue weighted by atomic mass is 10.1. The van der Waals surface area contributed by atoms with E-state index in [2.05, 4.69) is 10.0 Å². The quantitative estimate of drug-likeness (QED) is 0.485. The zero-order valence-electron chi connectivity index (χ0n) is 17.3. The van der Waals surface area contributed by atoms with Gasteiger partial charge in [0.2, 0.25) is 15.9 Å². The predicted octanol–water partition coefficient (Wildman–Crippen LogP) is 2.97. The first kappa shape index (κ1) is 24.7. The van der Waals surface area contributed by atoms with Gasteiger partial charge in [0.15, 0.2) is 0 Å². The minimum atomic E-state index is -3.80. The molecule has 0 aliphatic carbocycles. The Balaban J connectivity index is 1.57. The Morgan fingerprint density at radius 2 is 1.81 bits per heavy atom. The van der Waals surface area contributed by atoms with Gasteiger partial charge in [-0.2, -0.15) is 0 Å². The van der Waals surface area contributed by atoms with Gasteiger partial charge < -0.3 is 15.2 Å². The van der Waals surface area contributed by atoms with Crippen molar-refractivity contribution in [3.8, 4) is 0 Å². The first-order valence-corrected chi connectivity index (χ1v) is 12.2. The number of aliphatic hydroxyl groups is 1. The molecule has 7 nitrogen and oxygen atoms in total. The molecular formula is C22H24Cl2N2O5S. The summed E-state index contributed by atoms with van der Waals surface area (Å²) in [5, 5.41) is 13.3. The summed E-state index contributed by atoms with van der Waals surface area (Å²) >= 11 is 11.9. The number of nitrogens with one attached hydrogen (secondary N) is 2. The highest BCUT2D eigenvalue weighted by Gasteiger charge is 2.31. The van der Waals surface area contributed by atoms with Gasteiger partial charge in [0, 0.05) is 6.54 Å². The number of aliphatic hydroxyl groups excluding tert-OH is 1. The fraction of sp³-hybridized carbons (Fsp3) is 0.318. The Labute approximate surface area is 197 Å². The Hall–Kier alpha value is -1.94. The number of amides is 1. The van der Waals surface area contributed by atoms with E-state index in [0.717, 1.165) is 11.1 Å². The molecule has 0 aromatic heterocycles. The van der Waals surface area contributed by atoms with E-state index >= 15 is 0 Å². The van der Waals surface area contributed by atoms with Gasteiger partial charge in [0.05, 0.1) is 40.1 Å². The molecule has 32 heavy (non-hydrogen) atoms. The molecule has 3 rings (SSSR count). The van der Waals surface area contributed by atoms with Crippen molar-refractivity contribution in [1.82, 2.24) is 10.0 Å². The van der Waals surface area contributed by atoms with Crippen LogP contribution in [-0.4, -0.2) is 44.3 Å². The van der Waals surface area contributed by atoms with E-state index in [-0.39, 0.29) is 23.8 Å². The number of carbonyl (C=O) groups excluding carboxylic acids is 1. The lowest BCUT2D eigenvalue weighted by molar-refractivity contribution is -0.125. The predicted molar refractivity (Wildman–Crippen MR) is 123 cm³/mol. The summed E-state index contributed by atoms with van der Waals surface area (Å²) in [6, 6.07) is 10.8. The van der Waals surface area contributed by atoms with Crippen LogP contribution in [-0.2, 0) is 26.1 Å². The molecule has 3 N–H and O–H groups in total. The van der Waals surface area contributed by atoms with Gasteiger partial charge in [0.1, 0.15) is 6.10 Å². The number of ether oxygens (including phenoxy) is 1. The zero-order chi connectivity index (χ0) is 23.3. The monoisotopic (exact) mass is 498 g/mol. The van der Waals surface area contributed by atoms with Crippen LogP contribution < -0.4 is 10.0 Å². The summed E-state index contributed by atoms with van der Waals surface area (Å²) < 4.78 is 33.5. The van der Waals surface area contributed by atoms with Crippen LogP contribution in [0.5, 0.6) is 0 Å². The first-order chi connectivity index (χ1) is 15.2. The van der Waals surface area contributed by atoms with Gasteiger partial charge in [-0.1, -0.05) is 59.1 Å². The van der Waals surface area contributed by atoms with Crippen molar-refractivity contribution in [3.05, 3.63) is 75.8 Å². The zero-order valence-corrected chi connectivity index (χ0v) is 19.6. The highest BCUT2D eigenvalue weighted by atomic mass is 35.5. The van der Waals surface area contributed by atoms with E-state index in [4.69, 9.17) is 27.9 Å². The molecular weight excluding hydrogens is 475 g/mol. The van der Waals surface area contributed by atoms with Crippen molar-refractivity contribution in [2.24, 2.45) is 0 Å². The molecule has 10 heteroatoms. The van der Waals surface area contributed by atoms with E-state index in [0.29, 0.717) is 10.0 Å². The van der Waals surface area contributed by atoms with Crippen LogP contribution in [0.25, 0.3) is 0 Å².